The topological polar surface area (TPSA) is 256 Å². The minimum absolute atomic E-state index is 0.0269. The highest BCUT2D eigenvalue weighted by atomic mass is 31.2. The second-order valence-corrected chi connectivity index (χ2v) is 15.1. The molecular formula is C38H50O16P2. The zero-order valence-corrected chi connectivity index (χ0v) is 32.9. The van der Waals surface area contributed by atoms with Crippen molar-refractivity contribution in [2.45, 2.75) is 140 Å². The molecule has 0 bridgehead atoms. The number of hydrogen-bond acceptors (Lipinski definition) is 13. The van der Waals surface area contributed by atoms with E-state index in [4.69, 9.17) is 34.7 Å². The average molecular weight is 825 g/mol. The Balaban J connectivity index is 2.79. The van der Waals surface area contributed by atoms with Crippen LogP contribution < -0.4 is 0 Å². The van der Waals surface area contributed by atoms with Crippen molar-refractivity contribution >= 4 is 27.6 Å². The Bertz CT molecular complexity index is 1680. The molecule has 5 unspecified atom stereocenters. The predicted molar refractivity (Wildman–Crippen MR) is 200 cm³/mol. The van der Waals surface area contributed by atoms with Gasteiger partial charge in [0, 0.05) is 12.3 Å². The molecule has 0 heterocycles. The highest BCUT2D eigenvalue weighted by molar-refractivity contribution is 7.47. The molecule has 0 aliphatic heterocycles. The summed E-state index contributed by atoms with van der Waals surface area (Å²) in [6, 6.07) is 0. The van der Waals surface area contributed by atoms with E-state index in [-0.39, 0.29) is 6.42 Å². The molecule has 1 saturated carbocycles. The van der Waals surface area contributed by atoms with E-state index in [0.717, 1.165) is 32.1 Å². The lowest BCUT2D eigenvalue weighted by atomic mass is 9.85. The fraction of sp³-hybridized carbons (Fsp3) is 0.632. The van der Waals surface area contributed by atoms with Crippen molar-refractivity contribution in [1.82, 2.24) is 0 Å². The largest absolute Gasteiger partial charge is 0.472 e. The van der Waals surface area contributed by atoms with Crippen LogP contribution in [0.25, 0.3) is 0 Å². The maximum absolute atomic E-state index is 12.8. The van der Waals surface area contributed by atoms with Crippen LogP contribution in [0.3, 0.4) is 0 Å². The summed E-state index contributed by atoms with van der Waals surface area (Å²) in [5, 5.41) is 41.1. The summed E-state index contributed by atoms with van der Waals surface area (Å²) in [5.41, 5.74) is 0. The molecular weight excluding hydrogens is 774 g/mol. The molecule has 0 aromatic rings. The number of aliphatic hydroxyl groups excluding tert-OH is 4. The number of esters is 2. The standard InChI is InChI=1S/C38H50O16P2/c1-3-5-7-9-11-13-15-16-17-19-21-23-25-27-32(40)52-30(28-50-31(39)26-24-22-20-18-14-12-10-8-6-4-2)29-51-56(48,49)54-38-35(43)33(41)37(34(42)36(38)44)53-55(45,46)47/h2,30,33-38,41-44H,3,5,7,9,11,13,15-17,19,21,23,25,27-29H2,1H3,(H,48,49)(H2,45,46,47)/t30-,33+,34?,35?,36+,37?,38?/m1/s1. The van der Waals surface area contributed by atoms with Crippen molar-refractivity contribution in [1.29, 1.82) is 0 Å². The van der Waals surface area contributed by atoms with Gasteiger partial charge in [0.05, 0.1) is 6.61 Å². The van der Waals surface area contributed by atoms with E-state index in [1.807, 2.05) is 5.92 Å². The van der Waals surface area contributed by atoms with Gasteiger partial charge in [0.2, 0.25) is 0 Å². The predicted octanol–water partition coefficient (Wildman–Crippen LogP) is 2.01. The van der Waals surface area contributed by atoms with E-state index in [1.165, 1.54) is 44.9 Å². The van der Waals surface area contributed by atoms with Crippen LogP contribution >= 0.6 is 15.6 Å². The molecule has 0 radical (unpaired) electrons. The Morgan fingerprint density at radius 1 is 0.625 bits per heavy atom. The number of phosphoric acid groups is 2. The van der Waals surface area contributed by atoms with Gasteiger partial charge in [-0.05, 0) is 65.6 Å². The lowest BCUT2D eigenvalue weighted by Crippen LogP contribution is -2.64. The lowest BCUT2D eigenvalue weighted by molar-refractivity contribution is -0.216. The first kappa shape index (κ1) is 50.4. The van der Waals surface area contributed by atoms with Crippen LogP contribution in [0, 0.1) is 71.5 Å². The second-order valence-electron chi connectivity index (χ2n) is 12.5. The van der Waals surface area contributed by atoms with Gasteiger partial charge in [0.15, 0.2) is 6.10 Å². The number of ether oxygens (including phenoxy) is 2. The van der Waals surface area contributed by atoms with Gasteiger partial charge in [-0.25, -0.2) is 13.9 Å². The zero-order valence-electron chi connectivity index (χ0n) is 31.1. The Hall–Kier alpha value is -3.64. The first-order valence-electron chi connectivity index (χ1n) is 18.1. The van der Waals surface area contributed by atoms with E-state index in [1.54, 1.807) is 0 Å². The van der Waals surface area contributed by atoms with Crippen molar-refractivity contribution in [3.8, 4) is 71.5 Å². The van der Waals surface area contributed by atoms with E-state index >= 15 is 0 Å². The van der Waals surface area contributed by atoms with Crippen molar-refractivity contribution in [2.24, 2.45) is 0 Å². The summed E-state index contributed by atoms with van der Waals surface area (Å²) in [6.45, 7) is 0.543. The van der Waals surface area contributed by atoms with Crippen molar-refractivity contribution in [3.05, 3.63) is 0 Å². The van der Waals surface area contributed by atoms with Gasteiger partial charge < -0.3 is 44.6 Å². The number of aliphatic hydroxyl groups is 4. The van der Waals surface area contributed by atoms with Crippen LogP contribution in [0.5, 0.6) is 0 Å². The zero-order chi connectivity index (χ0) is 41.8. The molecule has 308 valence electrons. The van der Waals surface area contributed by atoms with Crippen LogP contribution in [0.1, 0.15) is 96.8 Å². The molecule has 7 N–H and O–H groups in total. The monoisotopic (exact) mass is 824 g/mol. The van der Waals surface area contributed by atoms with Crippen LogP contribution in [0.15, 0.2) is 0 Å². The third-order valence-corrected chi connectivity index (χ3v) is 9.41. The smallest absolute Gasteiger partial charge is 0.456 e. The number of carbonyl (C=O) groups is 2. The molecule has 1 aliphatic rings. The lowest BCUT2D eigenvalue weighted by Gasteiger charge is -2.43. The van der Waals surface area contributed by atoms with Gasteiger partial charge >= 0.3 is 27.6 Å². The van der Waals surface area contributed by atoms with Gasteiger partial charge in [-0.15, -0.1) is 6.42 Å². The highest BCUT2D eigenvalue weighted by Gasteiger charge is 2.54. The van der Waals surface area contributed by atoms with Crippen LogP contribution in [-0.2, 0) is 41.8 Å². The molecule has 0 spiro atoms. The first-order chi connectivity index (χ1) is 26.6. The van der Waals surface area contributed by atoms with Crippen molar-refractivity contribution < 1.29 is 76.9 Å². The van der Waals surface area contributed by atoms with Crippen molar-refractivity contribution in [2.75, 3.05) is 13.2 Å². The number of carbonyl (C=O) groups excluding carboxylic acids is 2. The quantitative estimate of drug-likeness (QED) is 0.0242. The summed E-state index contributed by atoms with van der Waals surface area (Å²) in [5.74, 6) is 23.1. The normalized spacial score (nSPS) is 21.5. The summed E-state index contributed by atoms with van der Waals surface area (Å²) in [7, 11) is -10.7. The van der Waals surface area contributed by atoms with E-state index in [2.05, 4.69) is 70.7 Å². The van der Waals surface area contributed by atoms with E-state index in [0.29, 0.717) is 6.42 Å². The molecule has 0 aromatic carbocycles. The van der Waals surface area contributed by atoms with Crippen LogP contribution in [0.2, 0.25) is 0 Å². The Morgan fingerprint density at radius 2 is 1.05 bits per heavy atom. The summed E-state index contributed by atoms with van der Waals surface area (Å²) in [6.07, 6.45) is 3.91. The van der Waals surface area contributed by atoms with Gasteiger partial charge in [-0.2, -0.15) is 0 Å². The number of phosphoric ester groups is 2. The van der Waals surface area contributed by atoms with Gasteiger partial charge in [0.25, 0.3) is 0 Å². The van der Waals surface area contributed by atoms with E-state index in [9.17, 15) is 44.0 Å². The molecule has 0 aromatic heterocycles. The SMILES string of the molecule is C#CC#CC#CC#CC#CC#CC(=O)OC[C@H](COP(=O)(O)OC1C(O)[C@H](O)C(OP(=O)(O)O)C(O)[C@@H]1O)OC(=O)CCCCCCCCCCCCCCC. The fourth-order valence-corrected chi connectivity index (χ4v) is 6.68. The van der Waals surface area contributed by atoms with E-state index < -0.39 is 83.5 Å². The number of hydrogen-bond donors (Lipinski definition) is 7. The number of unbranched alkanes of at least 4 members (excludes halogenated alkanes) is 12. The average Bonchev–Trinajstić information content (AvgIpc) is 3.14. The maximum atomic E-state index is 12.8. The molecule has 1 rings (SSSR count). The molecule has 0 amide bonds. The minimum Gasteiger partial charge on any atom is -0.456 e. The molecule has 18 heteroatoms. The Kier molecular flexibility index (Phi) is 25.8. The summed E-state index contributed by atoms with van der Waals surface area (Å²) < 4.78 is 48.1. The summed E-state index contributed by atoms with van der Waals surface area (Å²) in [4.78, 5) is 53.2. The number of terminal acetylenes is 1. The molecule has 16 nitrogen and oxygen atoms in total. The summed E-state index contributed by atoms with van der Waals surface area (Å²) >= 11 is 0. The number of rotatable bonds is 24. The van der Waals surface area contributed by atoms with Gasteiger partial charge in [-0.1, -0.05) is 84.0 Å². The Morgan fingerprint density at radius 3 is 1.52 bits per heavy atom. The highest BCUT2D eigenvalue weighted by Crippen LogP contribution is 2.48. The second kappa shape index (κ2) is 28.7. The maximum Gasteiger partial charge on any atom is 0.472 e. The van der Waals surface area contributed by atoms with Crippen LogP contribution in [-0.4, -0.2) is 103 Å². The van der Waals surface area contributed by atoms with Crippen LogP contribution in [0.4, 0.5) is 0 Å². The fourth-order valence-electron chi connectivity index (χ4n) is 5.14. The Labute approximate surface area is 328 Å². The molecule has 56 heavy (non-hydrogen) atoms. The molecule has 8 atom stereocenters. The molecule has 1 aliphatic carbocycles. The van der Waals surface area contributed by atoms with Gasteiger partial charge in [-0.3, -0.25) is 18.4 Å². The molecule has 0 saturated heterocycles. The first-order valence-corrected chi connectivity index (χ1v) is 21.1. The third kappa shape index (κ3) is 23.4. The van der Waals surface area contributed by atoms with Gasteiger partial charge in [0.1, 0.15) is 43.2 Å². The van der Waals surface area contributed by atoms with Crippen molar-refractivity contribution in [3.63, 3.8) is 0 Å². The minimum atomic E-state index is -5.34. The third-order valence-electron chi connectivity index (χ3n) is 7.90. The molecule has 1 fully saturated rings.